The highest BCUT2D eigenvalue weighted by Crippen LogP contribution is 2.12. The fourth-order valence-corrected chi connectivity index (χ4v) is 2.90. The fraction of sp³-hybridized carbons (Fsp3) is 0.176. The molecule has 2 heterocycles. The predicted octanol–water partition coefficient (Wildman–Crippen LogP) is 2.61. The van der Waals surface area contributed by atoms with Crippen LogP contribution in [0.1, 0.15) is 23.2 Å². The molecule has 0 spiro atoms. The predicted molar refractivity (Wildman–Crippen MR) is 91.7 cm³/mol. The van der Waals surface area contributed by atoms with Crippen LogP contribution in [0.3, 0.4) is 0 Å². The van der Waals surface area contributed by atoms with Crippen LogP contribution in [-0.2, 0) is 22.6 Å². The van der Waals surface area contributed by atoms with E-state index in [-0.39, 0.29) is 18.0 Å². The van der Waals surface area contributed by atoms with Gasteiger partial charge in [0, 0.05) is 12.1 Å². The number of nitrogens with zero attached hydrogens (tertiary/aromatic N) is 3. The average Bonchev–Trinajstić information content (AvgIpc) is 3.03. The number of esters is 1. The zero-order chi connectivity index (χ0) is 17.8. The summed E-state index contributed by atoms with van der Waals surface area (Å²) < 4.78 is 19.1. The summed E-state index contributed by atoms with van der Waals surface area (Å²) in [4.78, 5) is 28.5. The van der Waals surface area contributed by atoms with Crippen LogP contribution in [-0.4, -0.2) is 20.6 Å². The second kappa shape index (κ2) is 7.35. The Morgan fingerprint density at radius 2 is 2.12 bits per heavy atom. The molecule has 6 nitrogen and oxygen atoms in total. The SMILES string of the molecule is CCc1nn2c(=O)cc(COC(=O)/C=C/c3ccc(F)cc3)nc2s1. The number of halogens is 1. The van der Waals surface area contributed by atoms with Gasteiger partial charge in [-0.2, -0.15) is 9.61 Å². The molecule has 0 atom stereocenters. The first-order valence-corrected chi connectivity index (χ1v) is 8.36. The number of hydrogen-bond donors (Lipinski definition) is 0. The number of aryl methyl sites for hydroxylation is 1. The Morgan fingerprint density at radius 1 is 1.36 bits per heavy atom. The van der Waals surface area contributed by atoms with E-state index in [9.17, 15) is 14.0 Å². The van der Waals surface area contributed by atoms with E-state index in [0.717, 1.165) is 5.01 Å². The molecule has 0 aliphatic carbocycles. The van der Waals surface area contributed by atoms with Gasteiger partial charge in [-0.15, -0.1) is 0 Å². The zero-order valence-electron chi connectivity index (χ0n) is 13.3. The van der Waals surface area contributed by atoms with E-state index in [1.165, 1.54) is 46.2 Å². The summed E-state index contributed by atoms with van der Waals surface area (Å²) in [5.74, 6) is -0.924. The lowest BCUT2D eigenvalue weighted by atomic mass is 10.2. The molecule has 3 aromatic rings. The van der Waals surface area contributed by atoms with Crippen molar-refractivity contribution >= 4 is 28.3 Å². The number of aromatic nitrogens is 3. The third-order valence-electron chi connectivity index (χ3n) is 3.29. The number of hydrogen-bond acceptors (Lipinski definition) is 6. The molecule has 0 radical (unpaired) electrons. The normalized spacial score (nSPS) is 11.3. The van der Waals surface area contributed by atoms with E-state index in [1.807, 2.05) is 6.92 Å². The minimum Gasteiger partial charge on any atom is -0.456 e. The number of rotatable bonds is 5. The number of benzene rings is 1. The van der Waals surface area contributed by atoms with Gasteiger partial charge >= 0.3 is 5.97 Å². The molecular formula is C17H14FN3O3S. The molecule has 0 saturated carbocycles. The van der Waals surface area contributed by atoms with Gasteiger partial charge in [-0.05, 0) is 30.2 Å². The first-order chi connectivity index (χ1) is 12.0. The van der Waals surface area contributed by atoms with Crippen LogP contribution in [0.4, 0.5) is 4.39 Å². The molecule has 1 aromatic carbocycles. The van der Waals surface area contributed by atoms with Crippen molar-refractivity contribution < 1.29 is 13.9 Å². The van der Waals surface area contributed by atoms with E-state index in [1.54, 1.807) is 12.1 Å². The fourth-order valence-electron chi connectivity index (χ4n) is 2.04. The summed E-state index contributed by atoms with van der Waals surface area (Å²) >= 11 is 1.32. The van der Waals surface area contributed by atoms with Crippen LogP contribution in [0.15, 0.2) is 41.2 Å². The van der Waals surface area contributed by atoms with Crippen LogP contribution >= 0.6 is 11.3 Å². The van der Waals surface area contributed by atoms with Gasteiger partial charge in [-0.25, -0.2) is 14.2 Å². The van der Waals surface area contributed by atoms with E-state index in [0.29, 0.717) is 22.6 Å². The minimum absolute atomic E-state index is 0.113. The summed E-state index contributed by atoms with van der Waals surface area (Å²) in [5, 5.41) is 4.96. The average molecular weight is 359 g/mol. The van der Waals surface area contributed by atoms with Gasteiger partial charge in [0.05, 0.1) is 5.69 Å². The smallest absolute Gasteiger partial charge is 0.331 e. The van der Waals surface area contributed by atoms with Crippen molar-refractivity contribution in [3.8, 4) is 0 Å². The van der Waals surface area contributed by atoms with Crippen LogP contribution in [0, 0.1) is 5.82 Å². The van der Waals surface area contributed by atoms with Crippen LogP contribution in [0.25, 0.3) is 11.0 Å². The molecule has 0 amide bonds. The number of carbonyl (C=O) groups is 1. The molecule has 0 bridgehead atoms. The van der Waals surface area contributed by atoms with Crippen molar-refractivity contribution in [2.45, 2.75) is 20.0 Å². The number of ether oxygens (including phenoxy) is 1. The molecule has 0 saturated heterocycles. The Kier molecular flexibility index (Phi) is 4.99. The van der Waals surface area contributed by atoms with Crippen molar-refractivity contribution in [3.63, 3.8) is 0 Å². The Hall–Kier alpha value is -2.87. The maximum atomic E-state index is 12.8. The van der Waals surface area contributed by atoms with Crippen LogP contribution < -0.4 is 5.56 Å². The highest BCUT2D eigenvalue weighted by molar-refractivity contribution is 7.16. The van der Waals surface area contributed by atoms with Gasteiger partial charge in [0.2, 0.25) is 4.96 Å². The molecule has 0 aliphatic heterocycles. The molecule has 25 heavy (non-hydrogen) atoms. The van der Waals surface area contributed by atoms with Crippen molar-refractivity contribution in [1.29, 1.82) is 0 Å². The Labute approximate surface area is 146 Å². The largest absolute Gasteiger partial charge is 0.456 e. The molecule has 128 valence electrons. The van der Waals surface area contributed by atoms with Gasteiger partial charge in [0.15, 0.2) is 0 Å². The standard InChI is InChI=1S/C17H14FN3O3S/c1-2-14-20-21-15(22)9-13(19-17(21)25-14)10-24-16(23)8-5-11-3-6-12(18)7-4-11/h3-9H,2,10H2,1H3/b8-5+. The van der Waals surface area contributed by atoms with Gasteiger partial charge in [-0.1, -0.05) is 30.4 Å². The molecular weight excluding hydrogens is 345 g/mol. The lowest BCUT2D eigenvalue weighted by Gasteiger charge is -2.01. The van der Waals surface area contributed by atoms with E-state index in [2.05, 4.69) is 10.1 Å². The topological polar surface area (TPSA) is 73.6 Å². The van der Waals surface area contributed by atoms with Gasteiger partial charge in [0.1, 0.15) is 17.4 Å². The van der Waals surface area contributed by atoms with Crippen LogP contribution in [0.2, 0.25) is 0 Å². The summed E-state index contributed by atoms with van der Waals surface area (Å²) in [7, 11) is 0. The lowest BCUT2D eigenvalue weighted by Crippen LogP contribution is -2.16. The van der Waals surface area contributed by atoms with Crippen molar-refractivity contribution in [1.82, 2.24) is 14.6 Å². The Morgan fingerprint density at radius 3 is 2.84 bits per heavy atom. The molecule has 8 heteroatoms. The quantitative estimate of drug-likeness (QED) is 0.517. The number of fused-ring (bicyclic) bond motifs is 1. The summed E-state index contributed by atoms with van der Waals surface area (Å²) in [5.41, 5.74) is 0.724. The zero-order valence-corrected chi connectivity index (χ0v) is 14.1. The van der Waals surface area contributed by atoms with E-state index in [4.69, 9.17) is 4.74 Å². The van der Waals surface area contributed by atoms with Crippen LogP contribution in [0.5, 0.6) is 0 Å². The maximum absolute atomic E-state index is 12.8. The Bertz CT molecular complexity index is 993. The summed E-state index contributed by atoms with van der Waals surface area (Å²) in [6.07, 6.45) is 3.47. The molecule has 2 aromatic heterocycles. The van der Waals surface area contributed by atoms with Gasteiger partial charge in [0.25, 0.3) is 5.56 Å². The molecule has 0 aliphatic rings. The summed E-state index contributed by atoms with van der Waals surface area (Å²) in [6.45, 7) is 1.83. The van der Waals surface area contributed by atoms with E-state index < -0.39 is 5.97 Å². The number of carbonyl (C=O) groups excluding carboxylic acids is 1. The van der Waals surface area contributed by atoms with Crippen molar-refractivity contribution in [3.05, 3.63) is 68.8 Å². The third-order valence-corrected chi connectivity index (χ3v) is 4.34. The van der Waals surface area contributed by atoms with E-state index >= 15 is 0 Å². The lowest BCUT2D eigenvalue weighted by molar-refractivity contribution is -0.139. The molecule has 0 N–H and O–H groups in total. The molecule has 0 fully saturated rings. The Balaban J connectivity index is 1.66. The minimum atomic E-state index is -0.579. The first kappa shape index (κ1) is 17.0. The van der Waals surface area contributed by atoms with Gasteiger partial charge in [-0.3, -0.25) is 4.79 Å². The highest BCUT2D eigenvalue weighted by atomic mass is 32.1. The second-order valence-corrected chi connectivity index (χ2v) is 6.16. The maximum Gasteiger partial charge on any atom is 0.331 e. The third kappa shape index (κ3) is 4.16. The van der Waals surface area contributed by atoms with Crippen molar-refractivity contribution in [2.75, 3.05) is 0 Å². The molecule has 0 unspecified atom stereocenters. The molecule has 3 rings (SSSR count). The summed E-state index contributed by atoms with van der Waals surface area (Å²) in [6, 6.07) is 6.99. The second-order valence-electron chi connectivity index (χ2n) is 5.12. The first-order valence-electron chi connectivity index (χ1n) is 7.54. The monoisotopic (exact) mass is 359 g/mol. The van der Waals surface area contributed by atoms with Crippen molar-refractivity contribution in [2.24, 2.45) is 0 Å². The highest BCUT2D eigenvalue weighted by Gasteiger charge is 2.09. The van der Waals surface area contributed by atoms with Gasteiger partial charge < -0.3 is 4.74 Å².